The summed E-state index contributed by atoms with van der Waals surface area (Å²) in [5, 5.41) is 0. The minimum Gasteiger partial charge on any atom is -0.346 e. The fourth-order valence-corrected chi connectivity index (χ4v) is 0.726. The van der Waals surface area contributed by atoms with Gasteiger partial charge in [0.1, 0.15) is 0 Å². The highest BCUT2D eigenvalue weighted by molar-refractivity contribution is 7.86. The first-order valence-corrected chi connectivity index (χ1v) is 4.30. The largest absolute Gasteiger partial charge is 0.346 e. The maximum atomic E-state index is 10.4. The fourth-order valence-electron chi connectivity index (χ4n) is 0.321. The van der Waals surface area contributed by atoms with Gasteiger partial charge in [-0.05, 0) is 0 Å². The molecule has 0 bridgehead atoms. The van der Waals surface area contributed by atoms with E-state index in [1.807, 2.05) is 0 Å². The Labute approximate surface area is 59.6 Å². The molecule has 0 aliphatic heterocycles. The van der Waals surface area contributed by atoms with Crippen molar-refractivity contribution in [2.75, 3.05) is 6.26 Å². The lowest BCUT2D eigenvalue weighted by molar-refractivity contribution is -0.132. The van der Waals surface area contributed by atoms with Gasteiger partial charge in [-0.1, -0.05) is 6.08 Å². The van der Waals surface area contributed by atoms with Gasteiger partial charge in [0.05, 0.1) is 12.7 Å². The van der Waals surface area contributed by atoms with Crippen LogP contribution in [0.5, 0.6) is 0 Å². The van der Waals surface area contributed by atoms with E-state index in [4.69, 9.17) is 0 Å². The van der Waals surface area contributed by atoms with Gasteiger partial charge in [-0.3, -0.25) is 4.79 Å². The molecule has 5 heteroatoms. The summed E-state index contributed by atoms with van der Waals surface area (Å²) in [6.07, 6.45) is 1.99. The van der Waals surface area contributed by atoms with Crippen molar-refractivity contribution in [3.8, 4) is 0 Å². The van der Waals surface area contributed by atoms with Crippen molar-refractivity contribution in [2.45, 2.75) is 6.42 Å². The normalized spacial score (nSPS) is 10.5. The molecule has 0 N–H and O–H groups in total. The van der Waals surface area contributed by atoms with Crippen molar-refractivity contribution in [1.29, 1.82) is 0 Å². The lowest BCUT2D eigenvalue weighted by atomic mass is 10.4. The van der Waals surface area contributed by atoms with Crippen molar-refractivity contribution in [3.05, 3.63) is 12.7 Å². The molecule has 4 nitrogen and oxygen atoms in total. The molecular weight excluding hydrogens is 156 g/mol. The van der Waals surface area contributed by atoms with E-state index in [-0.39, 0.29) is 6.42 Å². The predicted molar refractivity (Wildman–Crippen MR) is 35.7 cm³/mol. The highest BCUT2D eigenvalue weighted by Crippen LogP contribution is 1.92. The Kier molecular flexibility index (Phi) is 3.08. The molecule has 0 amide bonds. The first kappa shape index (κ1) is 9.16. The van der Waals surface area contributed by atoms with E-state index in [1.165, 1.54) is 6.08 Å². The highest BCUT2D eigenvalue weighted by atomic mass is 32.2. The Balaban J connectivity index is 3.93. The van der Waals surface area contributed by atoms with E-state index in [2.05, 4.69) is 10.8 Å². The smallest absolute Gasteiger partial charge is 0.325 e. The van der Waals surface area contributed by atoms with Crippen LogP contribution in [0.1, 0.15) is 6.42 Å². The van der Waals surface area contributed by atoms with E-state index in [0.717, 1.165) is 6.26 Å². The summed E-state index contributed by atoms with van der Waals surface area (Å²) in [6, 6.07) is 0. The van der Waals surface area contributed by atoms with Crippen LogP contribution in [0, 0.1) is 0 Å². The van der Waals surface area contributed by atoms with Crippen molar-refractivity contribution in [1.82, 2.24) is 0 Å². The van der Waals surface area contributed by atoms with E-state index in [0.29, 0.717) is 0 Å². The van der Waals surface area contributed by atoms with Crippen LogP contribution in [0.2, 0.25) is 0 Å². The summed E-state index contributed by atoms with van der Waals surface area (Å²) >= 11 is 0. The summed E-state index contributed by atoms with van der Waals surface area (Å²) in [6.45, 7) is 3.24. The van der Waals surface area contributed by atoms with E-state index < -0.39 is 16.1 Å². The molecule has 0 spiro atoms. The zero-order valence-electron chi connectivity index (χ0n) is 5.53. The van der Waals surface area contributed by atoms with Gasteiger partial charge in [0.25, 0.3) is 0 Å². The summed E-state index contributed by atoms with van der Waals surface area (Å²) in [4.78, 5) is 10.4. The Morgan fingerprint density at radius 1 is 1.70 bits per heavy atom. The summed E-state index contributed by atoms with van der Waals surface area (Å²) in [5.41, 5.74) is 0. The van der Waals surface area contributed by atoms with Gasteiger partial charge in [0.2, 0.25) is 0 Å². The number of hydrogen-bond acceptors (Lipinski definition) is 4. The van der Waals surface area contributed by atoms with Crippen molar-refractivity contribution >= 4 is 16.1 Å². The molecule has 0 aliphatic rings. The molecule has 0 saturated carbocycles. The van der Waals surface area contributed by atoms with Gasteiger partial charge >= 0.3 is 16.1 Å². The van der Waals surface area contributed by atoms with Crippen LogP contribution in [0.4, 0.5) is 0 Å². The number of carbonyl (C=O) groups excluding carboxylic acids is 1. The zero-order valence-corrected chi connectivity index (χ0v) is 6.35. The number of carbonyl (C=O) groups is 1. The monoisotopic (exact) mass is 164 g/mol. The quantitative estimate of drug-likeness (QED) is 0.437. The molecule has 0 aliphatic carbocycles. The van der Waals surface area contributed by atoms with E-state index >= 15 is 0 Å². The van der Waals surface area contributed by atoms with Crippen LogP contribution >= 0.6 is 0 Å². The lowest BCUT2D eigenvalue weighted by Crippen LogP contribution is -2.09. The number of rotatable bonds is 3. The second-order valence-electron chi connectivity index (χ2n) is 1.65. The van der Waals surface area contributed by atoms with Crippen molar-refractivity contribution < 1.29 is 17.4 Å². The summed E-state index contributed by atoms with van der Waals surface area (Å²) in [5.74, 6) is -0.808. The van der Waals surface area contributed by atoms with Gasteiger partial charge in [-0.2, -0.15) is 8.42 Å². The van der Waals surface area contributed by atoms with Gasteiger partial charge < -0.3 is 4.18 Å². The van der Waals surface area contributed by atoms with Gasteiger partial charge in [-0.25, -0.2) is 0 Å². The molecule has 0 saturated heterocycles. The molecule has 0 atom stereocenters. The second-order valence-corrected chi connectivity index (χ2v) is 3.23. The average molecular weight is 164 g/mol. The van der Waals surface area contributed by atoms with Crippen LogP contribution < -0.4 is 0 Å². The highest BCUT2D eigenvalue weighted by Gasteiger charge is 2.07. The molecular formula is C5H8O4S. The molecule has 0 radical (unpaired) electrons. The zero-order chi connectivity index (χ0) is 8.20. The third-order valence-electron chi connectivity index (χ3n) is 0.555. The molecule has 0 aromatic rings. The standard InChI is InChI=1S/C5H8O4S/c1-3-4-5(6)9-10(2,7)8/h3H,1,4H2,2H3. The minimum atomic E-state index is -3.64. The fraction of sp³-hybridized carbons (Fsp3) is 0.400. The molecule has 58 valence electrons. The molecule has 0 fully saturated rings. The Morgan fingerprint density at radius 2 is 2.20 bits per heavy atom. The van der Waals surface area contributed by atoms with Crippen LogP contribution in [0.15, 0.2) is 12.7 Å². The van der Waals surface area contributed by atoms with Crippen molar-refractivity contribution in [2.24, 2.45) is 0 Å². The maximum Gasteiger partial charge on any atom is 0.325 e. The van der Waals surface area contributed by atoms with Gasteiger partial charge in [0.15, 0.2) is 0 Å². The van der Waals surface area contributed by atoms with Crippen LogP contribution in [-0.4, -0.2) is 20.6 Å². The Morgan fingerprint density at radius 3 is 2.50 bits per heavy atom. The third-order valence-corrected chi connectivity index (χ3v) is 1.04. The lowest BCUT2D eigenvalue weighted by Gasteiger charge is -1.96. The maximum absolute atomic E-state index is 10.4. The van der Waals surface area contributed by atoms with E-state index in [1.54, 1.807) is 0 Å². The molecule has 0 unspecified atom stereocenters. The predicted octanol–water partition coefficient (Wildman–Crippen LogP) is 0.0653. The Hall–Kier alpha value is -0.840. The van der Waals surface area contributed by atoms with Crippen LogP contribution in [-0.2, 0) is 19.1 Å². The molecule has 0 aromatic heterocycles. The van der Waals surface area contributed by atoms with Crippen molar-refractivity contribution in [3.63, 3.8) is 0 Å². The number of hydrogen-bond donors (Lipinski definition) is 0. The van der Waals surface area contributed by atoms with Crippen LogP contribution in [0.3, 0.4) is 0 Å². The van der Waals surface area contributed by atoms with Gasteiger partial charge in [0, 0.05) is 0 Å². The minimum absolute atomic E-state index is 0.0902. The molecule has 0 heterocycles. The first-order chi connectivity index (χ1) is 4.45. The molecule has 0 rings (SSSR count). The molecule has 10 heavy (non-hydrogen) atoms. The average Bonchev–Trinajstić information content (AvgIpc) is 1.59. The first-order valence-electron chi connectivity index (χ1n) is 2.49. The topological polar surface area (TPSA) is 60.4 Å². The van der Waals surface area contributed by atoms with Gasteiger partial charge in [-0.15, -0.1) is 6.58 Å². The van der Waals surface area contributed by atoms with Crippen LogP contribution in [0.25, 0.3) is 0 Å². The second kappa shape index (κ2) is 3.36. The Bertz CT molecular complexity index is 226. The SMILES string of the molecule is C=CCC(=O)OS(C)(=O)=O. The third kappa shape index (κ3) is 5.30. The summed E-state index contributed by atoms with van der Waals surface area (Å²) in [7, 11) is -3.64. The van der Waals surface area contributed by atoms with E-state index in [9.17, 15) is 13.2 Å². The summed E-state index contributed by atoms with van der Waals surface area (Å²) < 4.78 is 24.4. The molecule has 0 aromatic carbocycles.